The van der Waals surface area contributed by atoms with E-state index >= 15 is 0 Å². The maximum atomic E-state index is 12.4. The van der Waals surface area contributed by atoms with Crippen molar-refractivity contribution in [3.05, 3.63) is 98.6 Å². The maximum absolute atomic E-state index is 12.4. The Labute approximate surface area is 158 Å². The Morgan fingerprint density at radius 3 is 2.56 bits per heavy atom. The van der Waals surface area contributed by atoms with E-state index in [2.05, 4.69) is 10.1 Å². The van der Waals surface area contributed by atoms with Gasteiger partial charge < -0.3 is 4.52 Å². The number of aromatic nitrogens is 4. The molecule has 0 unspecified atom stereocenters. The van der Waals surface area contributed by atoms with Crippen LogP contribution in [0.2, 0.25) is 5.02 Å². The standard InChI is InChI=1S/C19H13ClN4O3/c20-14-7-4-8-15(11-14)24-10-9-23(18(25)19(24)26)12-16-21-17(22-27-16)13-5-2-1-3-6-13/h1-11H,12H2. The van der Waals surface area contributed by atoms with Crippen molar-refractivity contribution in [2.75, 3.05) is 0 Å². The van der Waals surface area contributed by atoms with Gasteiger partial charge in [-0.25, -0.2) is 0 Å². The van der Waals surface area contributed by atoms with Crippen LogP contribution in [0.5, 0.6) is 0 Å². The molecule has 0 bridgehead atoms. The molecule has 7 nitrogen and oxygen atoms in total. The second-order valence-corrected chi connectivity index (χ2v) is 6.20. The lowest BCUT2D eigenvalue weighted by atomic mass is 10.2. The summed E-state index contributed by atoms with van der Waals surface area (Å²) in [5, 5.41) is 4.38. The average molecular weight is 381 g/mol. The summed E-state index contributed by atoms with van der Waals surface area (Å²) in [5.74, 6) is 0.654. The fourth-order valence-corrected chi connectivity index (χ4v) is 2.82. The van der Waals surface area contributed by atoms with Crippen LogP contribution in [0.25, 0.3) is 17.1 Å². The summed E-state index contributed by atoms with van der Waals surface area (Å²) in [6.45, 7) is 0.00426. The van der Waals surface area contributed by atoms with Crippen LogP contribution in [-0.4, -0.2) is 19.3 Å². The van der Waals surface area contributed by atoms with E-state index in [4.69, 9.17) is 16.1 Å². The third-order valence-electron chi connectivity index (χ3n) is 3.95. The molecule has 0 saturated carbocycles. The van der Waals surface area contributed by atoms with E-state index in [1.165, 1.54) is 21.5 Å². The van der Waals surface area contributed by atoms with Crippen LogP contribution in [0.1, 0.15) is 5.89 Å². The summed E-state index contributed by atoms with van der Waals surface area (Å²) in [6.07, 6.45) is 3.00. The van der Waals surface area contributed by atoms with Crippen molar-refractivity contribution in [2.24, 2.45) is 0 Å². The van der Waals surface area contributed by atoms with Crippen molar-refractivity contribution < 1.29 is 4.52 Å². The largest absolute Gasteiger partial charge is 0.337 e. The lowest BCUT2D eigenvalue weighted by Crippen LogP contribution is -2.40. The first kappa shape index (κ1) is 17.0. The molecule has 4 rings (SSSR count). The zero-order chi connectivity index (χ0) is 18.8. The molecule has 0 fully saturated rings. The molecular weight excluding hydrogens is 368 g/mol. The van der Waals surface area contributed by atoms with Crippen molar-refractivity contribution in [3.63, 3.8) is 0 Å². The first-order chi connectivity index (χ1) is 13.1. The third kappa shape index (κ3) is 3.45. The number of hydrogen-bond donors (Lipinski definition) is 0. The van der Waals surface area contributed by atoms with Crippen LogP contribution in [0.3, 0.4) is 0 Å². The molecule has 134 valence electrons. The van der Waals surface area contributed by atoms with Gasteiger partial charge in [-0.2, -0.15) is 4.98 Å². The van der Waals surface area contributed by atoms with Crippen molar-refractivity contribution in [1.29, 1.82) is 0 Å². The van der Waals surface area contributed by atoms with Crippen molar-refractivity contribution >= 4 is 11.6 Å². The molecule has 0 spiro atoms. The van der Waals surface area contributed by atoms with Gasteiger partial charge in [0.2, 0.25) is 11.7 Å². The molecule has 0 aliphatic rings. The number of rotatable bonds is 4. The second kappa shape index (κ2) is 7.05. The van der Waals surface area contributed by atoms with Crippen LogP contribution in [0.4, 0.5) is 0 Å². The summed E-state index contributed by atoms with van der Waals surface area (Å²) in [6, 6.07) is 16.0. The molecule has 27 heavy (non-hydrogen) atoms. The highest BCUT2D eigenvalue weighted by molar-refractivity contribution is 6.30. The highest BCUT2D eigenvalue weighted by Crippen LogP contribution is 2.15. The van der Waals surface area contributed by atoms with E-state index in [1.54, 1.807) is 24.3 Å². The highest BCUT2D eigenvalue weighted by Gasteiger charge is 2.12. The van der Waals surface area contributed by atoms with E-state index < -0.39 is 11.1 Å². The lowest BCUT2D eigenvalue weighted by Gasteiger charge is -2.07. The van der Waals surface area contributed by atoms with Gasteiger partial charge in [-0.05, 0) is 18.2 Å². The number of nitrogens with zero attached hydrogens (tertiary/aromatic N) is 4. The summed E-state index contributed by atoms with van der Waals surface area (Å²) >= 11 is 5.95. The number of hydrogen-bond acceptors (Lipinski definition) is 5. The van der Waals surface area contributed by atoms with Crippen molar-refractivity contribution in [3.8, 4) is 17.1 Å². The first-order valence-corrected chi connectivity index (χ1v) is 8.46. The number of halogens is 1. The van der Waals surface area contributed by atoms with Gasteiger partial charge in [-0.15, -0.1) is 0 Å². The monoisotopic (exact) mass is 380 g/mol. The summed E-state index contributed by atoms with van der Waals surface area (Å²) in [7, 11) is 0. The molecular formula is C19H13ClN4O3. The smallest absolute Gasteiger partial charge is 0.320 e. The SMILES string of the molecule is O=c1c(=O)n(-c2cccc(Cl)c2)ccn1Cc1nc(-c2ccccc2)no1. The Bertz CT molecular complexity index is 1210. The quantitative estimate of drug-likeness (QED) is 0.508. The average Bonchev–Trinajstić information content (AvgIpc) is 3.15. The Kier molecular flexibility index (Phi) is 4.43. The summed E-state index contributed by atoms with van der Waals surface area (Å²) in [4.78, 5) is 29.1. The van der Waals surface area contributed by atoms with Gasteiger partial charge in [0, 0.05) is 23.0 Å². The van der Waals surface area contributed by atoms with E-state index in [0.29, 0.717) is 16.5 Å². The van der Waals surface area contributed by atoms with Crippen LogP contribution in [0, 0.1) is 0 Å². The fourth-order valence-electron chi connectivity index (χ4n) is 2.63. The summed E-state index contributed by atoms with van der Waals surface area (Å²) < 4.78 is 7.67. The van der Waals surface area contributed by atoms with Gasteiger partial charge in [-0.3, -0.25) is 18.7 Å². The Balaban J connectivity index is 1.64. The van der Waals surface area contributed by atoms with Gasteiger partial charge in [0.1, 0.15) is 6.54 Å². The van der Waals surface area contributed by atoms with Crippen LogP contribution >= 0.6 is 11.6 Å². The minimum Gasteiger partial charge on any atom is -0.337 e. The Morgan fingerprint density at radius 1 is 0.963 bits per heavy atom. The van der Waals surface area contributed by atoms with Crippen LogP contribution in [0.15, 0.2) is 81.1 Å². The first-order valence-electron chi connectivity index (χ1n) is 8.08. The second-order valence-electron chi connectivity index (χ2n) is 5.76. The van der Waals surface area contributed by atoms with E-state index in [9.17, 15) is 9.59 Å². The van der Waals surface area contributed by atoms with Crippen LogP contribution in [-0.2, 0) is 6.54 Å². The molecule has 0 aliphatic carbocycles. The van der Waals surface area contributed by atoms with Gasteiger partial charge in [-0.1, -0.05) is 53.2 Å². The normalized spacial score (nSPS) is 10.9. The van der Waals surface area contributed by atoms with Gasteiger partial charge >= 0.3 is 11.1 Å². The molecule has 4 aromatic rings. The lowest BCUT2D eigenvalue weighted by molar-refractivity contribution is 0.369. The third-order valence-corrected chi connectivity index (χ3v) is 4.19. The minimum atomic E-state index is -0.697. The summed E-state index contributed by atoms with van der Waals surface area (Å²) in [5.41, 5.74) is -0.0726. The fraction of sp³-hybridized carbons (Fsp3) is 0.0526. The predicted octanol–water partition coefficient (Wildman–Crippen LogP) is 2.75. The Morgan fingerprint density at radius 2 is 1.78 bits per heavy atom. The van der Waals surface area contributed by atoms with Crippen molar-refractivity contribution in [2.45, 2.75) is 6.54 Å². The molecule has 0 amide bonds. The van der Waals surface area contributed by atoms with E-state index in [0.717, 1.165) is 5.56 Å². The molecule has 2 aromatic heterocycles. The number of benzene rings is 2. The van der Waals surface area contributed by atoms with Crippen LogP contribution < -0.4 is 11.1 Å². The molecule has 0 atom stereocenters. The Hall–Kier alpha value is -3.45. The molecule has 0 aliphatic heterocycles. The molecule has 2 heterocycles. The molecule has 8 heteroatoms. The highest BCUT2D eigenvalue weighted by atomic mass is 35.5. The molecule has 0 N–H and O–H groups in total. The van der Waals surface area contributed by atoms with E-state index in [1.807, 2.05) is 30.3 Å². The van der Waals surface area contributed by atoms with Gasteiger partial charge in [0.05, 0.1) is 5.69 Å². The zero-order valence-corrected chi connectivity index (χ0v) is 14.7. The maximum Gasteiger partial charge on any atom is 0.320 e. The van der Waals surface area contributed by atoms with Crippen molar-refractivity contribution in [1.82, 2.24) is 19.3 Å². The minimum absolute atomic E-state index is 0.00426. The molecule has 2 aromatic carbocycles. The van der Waals surface area contributed by atoms with Gasteiger partial charge in [0.25, 0.3) is 0 Å². The molecule has 0 saturated heterocycles. The topological polar surface area (TPSA) is 82.9 Å². The molecule has 0 radical (unpaired) electrons. The van der Waals surface area contributed by atoms with E-state index in [-0.39, 0.29) is 12.4 Å². The predicted molar refractivity (Wildman–Crippen MR) is 100 cm³/mol. The van der Waals surface area contributed by atoms with Gasteiger partial charge in [0.15, 0.2) is 0 Å². The zero-order valence-electron chi connectivity index (χ0n) is 13.9.